The molecule has 0 saturated heterocycles. The zero-order chi connectivity index (χ0) is 12.3. The third-order valence-corrected chi connectivity index (χ3v) is 3.10. The van der Waals surface area contributed by atoms with Crippen LogP contribution in [-0.2, 0) is 6.42 Å². The summed E-state index contributed by atoms with van der Waals surface area (Å²) in [7, 11) is 0. The highest BCUT2D eigenvalue weighted by molar-refractivity contribution is 5.30. The van der Waals surface area contributed by atoms with Gasteiger partial charge in [0.05, 0.1) is 6.10 Å². The van der Waals surface area contributed by atoms with Gasteiger partial charge in [-0.1, -0.05) is 24.3 Å². The van der Waals surface area contributed by atoms with Gasteiger partial charge in [-0.3, -0.25) is 4.98 Å². The molecule has 0 fully saturated rings. The SMILES string of the molecule is Cc1ccccc1CC(O)c1ccncc1C. The van der Waals surface area contributed by atoms with Crippen LogP contribution < -0.4 is 0 Å². The van der Waals surface area contributed by atoms with Gasteiger partial charge in [0.2, 0.25) is 0 Å². The Morgan fingerprint density at radius 1 is 1.12 bits per heavy atom. The largest absolute Gasteiger partial charge is 0.388 e. The van der Waals surface area contributed by atoms with Crippen molar-refractivity contribution in [1.29, 1.82) is 0 Å². The lowest BCUT2D eigenvalue weighted by atomic mass is 9.97. The van der Waals surface area contributed by atoms with Gasteiger partial charge in [0.15, 0.2) is 0 Å². The summed E-state index contributed by atoms with van der Waals surface area (Å²) < 4.78 is 0. The Balaban J connectivity index is 2.20. The van der Waals surface area contributed by atoms with Gasteiger partial charge >= 0.3 is 0 Å². The number of pyridine rings is 1. The standard InChI is InChI=1S/C15H17NO/c1-11-5-3-4-6-13(11)9-15(17)14-7-8-16-10-12(14)2/h3-8,10,15,17H,9H2,1-2H3. The van der Waals surface area contributed by atoms with Crippen LogP contribution in [0.5, 0.6) is 0 Å². The molecule has 2 rings (SSSR count). The van der Waals surface area contributed by atoms with Crippen LogP contribution in [0.2, 0.25) is 0 Å². The summed E-state index contributed by atoms with van der Waals surface area (Å²) in [6.07, 6.45) is 3.70. The zero-order valence-corrected chi connectivity index (χ0v) is 10.2. The first kappa shape index (κ1) is 11.8. The van der Waals surface area contributed by atoms with E-state index in [4.69, 9.17) is 0 Å². The van der Waals surface area contributed by atoms with Gasteiger partial charge in [-0.25, -0.2) is 0 Å². The number of rotatable bonds is 3. The quantitative estimate of drug-likeness (QED) is 0.874. The fourth-order valence-corrected chi connectivity index (χ4v) is 2.02. The highest BCUT2D eigenvalue weighted by atomic mass is 16.3. The molecule has 0 saturated carbocycles. The van der Waals surface area contributed by atoms with E-state index in [-0.39, 0.29) is 0 Å². The topological polar surface area (TPSA) is 33.1 Å². The second-order valence-corrected chi connectivity index (χ2v) is 4.38. The average Bonchev–Trinajstić information content (AvgIpc) is 2.32. The molecule has 0 radical (unpaired) electrons. The van der Waals surface area contributed by atoms with Crippen LogP contribution in [0.3, 0.4) is 0 Å². The minimum absolute atomic E-state index is 0.459. The third-order valence-electron chi connectivity index (χ3n) is 3.10. The van der Waals surface area contributed by atoms with Gasteiger partial charge in [0, 0.05) is 18.8 Å². The summed E-state index contributed by atoms with van der Waals surface area (Å²) in [6.45, 7) is 4.05. The molecule has 1 N–H and O–H groups in total. The monoisotopic (exact) mass is 227 g/mol. The van der Waals surface area contributed by atoms with E-state index in [1.807, 2.05) is 25.1 Å². The summed E-state index contributed by atoms with van der Waals surface area (Å²) >= 11 is 0. The number of nitrogens with zero attached hydrogens (tertiary/aromatic N) is 1. The van der Waals surface area contributed by atoms with Crippen LogP contribution in [0.25, 0.3) is 0 Å². The maximum absolute atomic E-state index is 10.3. The maximum Gasteiger partial charge on any atom is 0.0834 e. The second-order valence-electron chi connectivity index (χ2n) is 4.38. The molecule has 0 aliphatic carbocycles. The summed E-state index contributed by atoms with van der Waals surface area (Å²) in [4.78, 5) is 4.04. The normalized spacial score (nSPS) is 12.4. The minimum atomic E-state index is -0.459. The predicted octanol–water partition coefficient (Wildman–Crippen LogP) is 2.97. The summed E-state index contributed by atoms with van der Waals surface area (Å²) in [5, 5.41) is 10.3. The number of aryl methyl sites for hydroxylation is 2. The van der Waals surface area contributed by atoms with Crippen molar-refractivity contribution in [2.75, 3.05) is 0 Å². The molecule has 0 aliphatic heterocycles. The first-order valence-corrected chi connectivity index (χ1v) is 5.81. The molecule has 1 aromatic heterocycles. The van der Waals surface area contributed by atoms with Crippen LogP contribution in [0.4, 0.5) is 0 Å². The third kappa shape index (κ3) is 2.71. The summed E-state index contributed by atoms with van der Waals surface area (Å²) in [5.74, 6) is 0. The number of aromatic nitrogens is 1. The Kier molecular flexibility index (Phi) is 3.55. The van der Waals surface area contributed by atoms with Crippen molar-refractivity contribution >= 4 is 0 Å². The van der Waals surface area contributed by atoms with E-state index >= 15 is 0 Å². The second kappa shape index (κ2) is 5.11. The molecule has 0 bridgehead atoms. The number of hydrogen-bond donors (Lipinski definition) is 1. The van der Waals surface area contributed by atoms with Crippen molar-refractivity contribution in [2.45, 2.75) is 26.4 Å². The van der Waals surface area contributed by atoms with E-state index in [2.05, 4.69) is 24.0 Å². The minimum Gasteiger partial charge on any atom is -0.388 e. The van der Waals surface area contributed by atoms with E-state index in [1.54, 1.807) is 12.4 Å². The lowest BCUT2D eigenvalue weighted by molar-refractivity contribution is 0.177. The fourth-order valence-electron chi connectivity index (χ4n) is 2.02. The Bertz CT molecular complexity index is 508. The molecule has 1 unspecified atom stereocenters. The molecular formula is C15H17NO. The van der Waals surface area contributed by atoms with Gasteiger partial charge in [-0.15, -0.1) is 0 Å². The number of aliphatic hydroxyl groups is 1. The first-order valence-electron chi connectivity index (χ1n) is 5.81. The van der Waals surface area contributed by atoms with Crippen molar-refractivity contribution in [3.05, 3.63) is 65.0 Å². The van der Waals surface area contributed by atoms with E-state index in [0.717, 1.165) is 11.1 Å². The smallest absolute Gasteiger partial charge is 0.0834 e. The van der Waals surface area contributed by atoms with Crippen LogP contribution in [-0.4, -0.2) is 10.1 Å². The van der Waals surface area contributed by atoms with Gasteiger partial charge in [0.25, 0.3) is 0 Å². The van der Waals surface area contributed by atoms with Crippen molar-refractivity contribution in [3.8, 4) is 0 Å². The number of hydrogen-bond acceptors (Lipinski definition) is 2. The van der Waals surface area contributed by atoms with E-state index in [0.29, 0.717) is 6.42 Å². The van der Waals surface area contributed by atoms with Crippen LogP contribution in [0.15, 0.2) is 42.7 Å². The molecule has 88 valence electrons. The molecule has 17 heavy (non-hydrogen) atoms. The molecule has 2 nitrogen and oxygen atoms in total. The van der Waals surface area contributed by atoms with E-state index in [1.165, 1.54) is 11.1 Å². The summed E-state index contributed by atoms with van der Waals surface area (Å²) in [5.41, 5.74) is 4.41. The number of aliphatic hydroxyl groups excluding tert-OH is 1. The average molecular weight is 227 g/mol. The van der Waals surface area contributed by atoms with Gasteiger partial charge in [-0.05, 0) is 42.2 Å². The fraction of sp³-hybridized carbons (Fsp3) is 0.267. The van der Waals surface area contributed by atoms with Gasteiger partial charge in [0.1, 0.15) is 0 Å². The molecule has 0 spiro atoms. The molecule has 0 aliphatic rings. The maximum atomic E-state index is 10.3. The molecule has 1 atom stereocenters. The number of benzene rings is 1. The van der Waals surface area contributed by atoms with Gasteiger partial charge in [-0.2, -0.15) is 0 Å². The van der Waals surface area contributed by atoms with Crippen LogP contribution >= 0.6 is 0 Å². The van der Waals surface area contributed by atoms with Crippen molar-refractivity contribution in [3.63, 3.8) is 0 Å². The highest BCUT2D eigenvalue weighted by Crippen LogP contribution is 2.22. The molecule has 2 heteroatoms. The highest BCUT2D eigenvalue weighted by Gasteiger charge is 2.11. The van der Waals surface area contributed by atoms with Crippen molar-refractivity contribution in [2.24, 2.45) is 0 Å². The molecular weight excluding hydrogens is 210 g/mol. The van der Waals surface area contributed by atoms with Crippen LogP contribution in [0.1, 0.15) is 28.4 Å². The molecule has 1 aromatic carbocycles. The summed E-state index contributed by atoms with van der Waals surface area (Å²) in [6, 6.07) is 10.0. The Morgan fingerprint density at radius 2 is 1.88 bits per heavy atom. The Labute approximate surface area is 102 Å². The van der Waals surface area contributed by atoms with Crippen molar-refractivity contribution in [1.82, 2.24) is 4.98 Å². The zero-order valence-electron chi connectivity index (χ0n) is 10.2. The predicted molar refractivity (Wildman–Crippen MR) is 68.8 cm³/mol. The van der Waals surface area contributed by atoms with Crippen molar-refractivity contribution < 1.29 is 5.11 Å². The lowest BCUT2D eigenvalue weighted by Crippen LogP contribution is -2.05. The molecule has 0 amide bonds. The Hall–Kier alpha value is -1.67. The van der Waals surface area contributed by atoms with Crippen LogP contribution in [0, 0.1) is 13.8 Å². The Morgan fingerprint density at radius 3 is 2.59 bits per heavy atom. The van der Waals surface area contributed by atoms with Gasteiger partial charge < -0.3 is 5.11 Å². The molecule has 2 aromatic rings. The van der Waals surface area contributed by atoms with E-state index in [9.17, 15) is 5.11 Å². The first-order chi connectivity index (χ1) is 8.18. The lowest BCUT2D eigenvalue weighted by Gasteiger charge is -2.14. The molecule has 1 heterocycles. The van der Waals surface area contributed by atoms with E-state index < -0.39 is 6.10 Å².